The Kier molecular flexibility index (Phi) is 3.54. The maximum absolute atomic E-state index is 11.8. The van der Waals surface area contributed by atoms with Crippen LogP contribution >= 0.6 is 0 Å². The number of amides is 1. The van der Waals surface area contributed by atoms with Crippen molar-refractivity contribution in [3.05, 3.63) is 64.1 Å². The van der Waals surface area contributed by atoms with Crippen LogP contribution in [0.15, 0.2) is 47.3 Å². The van der Waals surface area contributed by atoms with Gasteiger partial charge in [-0.3, -0.25) is 9.59 Å². The smallest absolute Gasteiger partial charge is 0.272 e. The van der Waals surface area contributed by atoms with E-state index in [1.54, 1.807) is 18.2 Å². The fraction of sp³-hybridized carbons (Fsp3) is 0.0769. The van der Waals surface area contributed by atoms with E-state index in [0.29, 0.717) is 12.2 Å². The fourth-order valence-corrected chi connectivity index (χ4v) is 1.50. The molecule has 18 heavy (non-hydrogen) atoms. The Morgan fingerprint density at radius 3 is 2.50 bits per heavy atom. The number of hydrogen-bond acceptors (Lipinski definition) is 3. The van der Waals surface area contributed by atoms with E-state index >= 15 is 0 Å². The quantitative estimate of drug-likeness (QED) is 0.753. The van der Waals surface area contributed by atoms with Gasteiger partial charge in [0.05, 0.1) is 0 Å². The SMILES string of the molecule is NCc1ccc(NC(=O)c2cccc(=O)[nH]2)cc1. The number of aromatic nitrogens is 1. The van der Waals surface area contributed by atoms with Crippen LogP contribution in [0.4, 0.5) is 5.69 Å². The zero-order valence-electron chi connectivity index (χ0n) is 9.64. The van der Waals surface area contributed by atoms with Crippen LogP contribution in [0.1, 0.15) is 16.1 Å². The molecule has 5 nitrogen and oxygen atoms in total. The number of H-pyrrole nitrogens is 1. The van der Waals surface area contributed by atoms with E-state index in [1.165, 1.54) is 12.1 Å². The predicted molar refractivity (Wildman–Crippen MR) is 69.3 cm³/mol. The third-order valence-corrected chi connectivity index (χ3v) is 2.46. The summed E-state index contributed by atoms with van der Waals surface area (Å²) in [5.41, 5.74) is 7.05. The topological polar surface area (TPSA) is 88.0 Å². The van der Waals surface area contributed by atoms with Gasteiger partial charge in [-0.2, -0.15) is 0 Å². The lowest BCUT2D eigenvalue weighted by molar-refractivity contribution is 0.102. The second-order valence-electron chi connectivity index (χ2n) is 3.78. The molecule has 0 spiro atoms. The molecule has 0 unspecified atom stereocenters. The van der Waals surface area contributed by atoms with Gasteiger partial charge in [-0.05, 0) is 23.8 Å². The van der Waals surface area contributed by atoms with Crippen molar-refractivity contribution in [2.45, 2.75) is 6.54 Å². The first kappa shape index (κ1) is 12.1. The summed E-state index contributed by atoms with van der Waals surface area (Å²) in [5.74, 6) is -0.354. The van der Waals surface area contributed by atoms with Gasteiger partial charge in [0.1, 0.15) is 5.69 Å². The standard InChI is InChI=1S/C13H13N3O2/c14-8-9-4-6-10(7-5-9)15-13(18)11-2-1-3-12(17)16-11/h1-7H,8,14H2,(H,15,18)(H,16,17). The summed E-state index contributed by atoms with van der Waals surface area (Å²) in [7, 11) is 0. The number of nitrogens with two attached hydrogens (primary N) is 1. The number of rotatable bonds is 3. The third-order valence-electron chi connectivity index (χ3n) is 2.46. The van der Waals surface area contributed by atoms with E-state index in [2.05, 4.69) is 10.3 Å². The Labute approximate surface area is 104 Å². The molecule has 0 radical (unpaired) electrons. The molecular weight excluding hydrogens is 230 g/mol. The van der Waals surface area contributed by atoms with E-state index in [1.807, 2.05) is 12.1 Å². The third kappa shape index (κ3) is 2.83. The zero-order chi connectivity index (χ0) is 13.0. The van der Waals surface area contributed by atoms with E-state index in [-0.39, 0.29) is 17.2 Å². The summed E-state index contributed by atoms with van der Waals surface area (Å²) in [6, 6.07) is 11.6. The molecule has 2 rings (SSSR count). The van der Waals surface area contributed by atoms with Crippen LogP contribution in [0.5, 0.6) is 0 Å². The Balaban J connectivity index is 2.13. The van der Waals surface area contributed by atoms with Gasteiger partial charge in [-0.1, -0.05) is 18.2 Å². The predicted octanol–water partition coefficient (Wildman–Crippen LogP) is 1.09. The van der Waals surface area contributed by atoms with Crippen LogP contribution in [0.2, 0.25) is 0 Å². The van der Waals surface area contributed by atoms with E-state index in [9.17, 15) is 9.59 Å². The highest BCUT2D eigenvalue weighted by Gasteiger charge is 2.06. The van der Waals surface area contributed by atoms with E-state index < -0.39 is 0 Å². The molecule has 1 aromatic heterocycles. The van der Waals surface area contributed by atoms with Crippen molar-refractivity contribution >= 4 is 11.6 Å². The number of benzene rings is 1. The summed E-state index contributed by atoms with van der Waals surface area (Å²) in [6.45, 7) is 0.459. The Hall–Kier alpha value is -2.40. The van der Waals surface area contributed by atoms with Crippen molar-refractivity contribution in [3.8, 4) is 0 Å². The molecule has 0 aliphatic carbocycles. The maximum Gasteiger partial charge on any atom is 0.272 e. The van der Waals surface area contributed by atoms with Crippen LogP contribution in [-0.2, 0) is 6.54 Å². The number of pyridine rings is 1. The first-order valence-electron chi connectivity index (χ1n) is 5.49. The minimum absolute atomic E-state index is 0.227. The van der Waals surface area contributed by atoms with Crippen molar-refractivity contribution in [2.24, 2.45) is 5.73 Å². The van der Waals surface area contributed by atoms with Gasteiger partial charge < -0.3 is 16.0 Å². The molecule has 0 saturated heterocycles. The molecule has 0 aliphatic heterocycles. The summed E-state index contributed by atoms with van der Waals surface area (Å²) in [6.07, 6.45) is 0. The fourth-order valence-electron chi connectivity index (χ4n) is 1.50. The highest BCUT2D eigenvalue weighted by atomic mass is 16.2. The molecule has 5 heteroatoms. The molecule has 1 heterocycles. The van der Waals surface area contributed by atoms with Crippen molar-refractivity contribution < 1.29 is 4.79 Å². The van der Waals surface area contributed by atoms with Gasteiger partial charge in [0, 0.05) is 18.3 Å². The Morgan fingerprint density at radius 1 is 1.17 bits per heavy atom. The number of carbonyl (C=O) groups excluding carboxylic acids is 1. The molecule has 0 fully saturated rings. The largest absolute Gasteiger partial charge is 0.326 e. The van der Waals surface area contributed by atoms with Crippen LogP contribution in [0.3, 0.4) is 0 Å². The Bertz CT molecular complexity index is 602. The molecule has 0 atom stereocenters. The molecule has 0 saturated carbocycles. The lowest BCUT2D eigenvalue weighted by atomic mass is 10.2. The number of nitrogens with one attached hydrogen (secondary N) is 2. The number of carbonyl (C=O) groups is 1. The molecule has 0 aliphatic rings. The molecular formula is C13H13N3O2. The van der Waals surface area contributed by atoms with Crippen LogP contribution in [-0.4, -0.2) is 10.9 Å². The van der Waals surface area contributed by atoms with Crippen molar-refractivity contribution in [2.75, 3.05) is 5.32 Å². The Morgan fingerprint density at radius 2 is 1.89 bits per heavy atom. The molecule has 92 valence electrons. The first-order valence-corrected chi connectivity index (χ1v) is 5.49. The lowest BCUT2D eigenvalue weighted by Crippen LogP contribution is -2.17. The lowest BCUT2D eigenvalue weighted by Gasteiger charge is -2.05. The maximum atomic E-state index is 11.8. The zero-order valence-corrected chi connectivity index (χ0v) is 9.64. The average molecular weight is 243 g/mol. The van der Waals surface area contributed by atoms with Gasteiger partial charge in [0.25, 0.3) is 5.91 Å². The minimum atomic E-state index is -0.354. The minimum Gasteiger partial charge on any atom is -0.326 e. The van der Waals surface area contributed by atoms with Crippen LogP contribution in [0.25, 0.3) is 0 Å². The van der Waals surface area contributed by atoms with E-state index in [0.717, 1.165) is 5.56 Å². The van der Waals surface area contributed by atoms with Gasteiger partial charge in [-0.25, -0.2) is 0 Å². The number of anilines is 1. The molecule has 2 aromatic rings. The summed E-state index contributed by atoms with van der Waals surface area (Å²) in [5, 5.41) is 2.69. The second-order valence-corrected chi connectivity index (χ2v) is 3.78. The number of hydrogen-bond donors (Lipinski definition) is 3. The number of aromatic amines is 1. The van der Waals surface area contributed by atoms with Crippen LogP contribution in [0, 0.1) is 0 Å². The summed E-state index contributed by atoms with van der Waals surface area (Å²) >= 11 is 0. The highest BCUT2D eigenvalue weighted by Crippen LogP contribution is 2.10. The molecule has 1 aromatic carbocycles. The van der Waals surface area contributed by atoms with Gasteiger partial charge in [-0.15, -0.1) is 0 Å². The van der Waals surface area contributed by atoms with Crippen LogP contribution < -0.4 is 16.6 Å². The average Bonchev–Trinajstić information content (AvgIpc) is 2.39. The van der Waals surface area contributed by atoms with E-state index in [4.69, 9.17) is 5.73 Å². The van der Waals surface area contributed by atoms with Crippen molar-refractivity contribution in [1.29, 1.82) is 0 Å². The van der Waals surface area contributed by atoms with Gasteiger partial charge in [0.2, 0.25) is 5.56 Å². The molecule has 1 amide bonds. The van der Waals surface area contributed by atoms with Crippen molar-refractivity contribution in [3.63, 3.8) is 0 Å². The van der Waals surface area contributed by atoms with Gasteiger partial charge in [0.15, 0.2) is 0 Å². The summed E-state index contributed by atoms with van der Waals surface area (Å²) < 4.78 is 0. The molecule has 4 N–H and O–H groups in total. The second kappa shape index (κ2) is 5.29. The first-order chi connectivity index (χ1) is 8.69. The summed E-state index contributed by atoms with van der Waals surface area (Å²) in [4.78, 5) is 25.4. The van der Waals surface area contributed by atoms with Gasteiger partial charge >= 0.3 is 0 Å². The normalized spacial score (nSPS) is 10.1. The van der Waals surface area contributed by atoms with Crippen molar-refractivity contribution in [1.82, 2.24) is 4.98 Å². The highest BCUT2D eigenvalue weighted by molar-refractivity contribution is 6.02. The monoisotopic (exact) mass is 243 g/mol. The molecule has 0 bridgehead atoms.